The maximum absolute atomic E-state index is 5.91. The van der Waals surface area contributed by atoms with E-state index in [-0.39, 0.29) is 0 Å². The molecule has 0 spiro atoms. The van der Waals surface area contributed by atoms with Crippen molar-refractivity contribution in [2.24, 2.45) is 0 Å². The molecule has 0 saturated carbocycles. The van der Waals surface area contributed by atoms with Crippen LogP contribution in [0.15, 0.2) is 60.9 Å². The second-order valence-corrected chi connectivity index (χ2v) is 11.5. The second kappa shape index (κ2) is 10.7. The number of hydrogen-bond donors (Lipinski definition) is 3. The molecule has 0 amide bonds. The number of fused-ring (bicyclic) bond motifs is 1. The molecule has 0 unspecified atom stereocenters. The predicted molar refractivity (Wildman–Crippen MR) is 145 cm³/mol. The van der Waals surface area contributed by atoms with Crippen LogP contribution in [0.2, 0.25) is 0 Å². The molecule has 1 fully saturated rings. The van der Waals surface area contributed by atoms with Crippen LogP contribution in [-0.4, -0.2) is 64.8 Å². The van der Waals surface area contributed by atoms with Gasteiger partial charge in [-0.3, -0.25) is 0 Å². The van der Waals surface area contributed by atoms with Crippen LogP contribution in [0.1, 0.15) is 0 Å². The zero-order valence-electron chi connectivity index (χ0n) is 19.5. The maximum atomic E-state index is 5.91. The second-order valence-electron chi connectivity index (χ2n) is 8.57. The van der Waals surface area contributed by atoms with Gasteiger partial charge in [0.05, 0.1) is 29.8 Å². The lowest BCUT2D eigenvalue weighted by molar-refractivity contribution is -0.858. The number of quaternary nitrogens is 1. The Morgan fingerprint density at radius 3 is 2.50 bits per heavy atom. The van der Waals surface area contributed by atoms with E-state index in [9.17, 15) is 0 Å². The molecular weight excluding hydrogens is 462 g/mol. The van der Waals surface area contributed by atoms with Gasteiger partial charge in [0.15, 0.2) is 0 Å². The Morgan fingerprint density at radius 2 is 1.76 bits per heavy atom. The molecule has 1 aliphatic heterocycles. The first-order chi connectivity index (χ1) is 16.7. The molecule has 0 radical (unpaired) electrons. The minimum Gasteiger partial charge on any atom is -0.488 e. The average molecular weight is 493 g/mol. The van der Waals surface area contributed by atoms with Gasteiger partial charge in [-0.05, 0) is 35.4 Å². The van der Waals surface area contributed by atoms with E-state index in [1.165, 1.54) is 16.4 Å². The number of aromatic nitrogens is 3. The fourth-order valence-electron chi connectivity index (χ4n) is 4.06. The molecule has 0 atom stereocenters. The van der Waals surface area contributed by atoms with Crippen LogP contribution in [0.3, 0.4) is 0 Å². The van der Waals surface area contributed by atoms with Crippen molar-refractivity contribution in [3.05, 3.63) is 60.9 Å². The van der Waals surface area contributed by atoms with Crippen molar-refractivity contribution in [1.82, 2.24) is 15.0 Å². The highest BCUT2D eigenvalue weighted by molar-refractivity contribution is 8.20. The first kappa shape index (κ1) is 23.1. The van der Waals surface area contributed by atoms with Crippen molar-refractivity contribution < 1.29 is 9.64 Å². The fraction of sp³-hybridized carbons (Fsp3) is 0.308. The van der Waals surface area contributed by atoms with E-state index in [1.54, 1.807) is 6.33 Å². The van der Waals surface area contributed by atoms with E-state index in [0.717, 1.165) is 58.1 Å². The summed E-state index contributed by atoms with van der Waals surface area (Å²) < 4.78 is 6.47. The number of anilines is 1. The lowest BCUT2D eigenvalue weighted by Gasteiger charge is -2.12. The minimum absolute atomic E-state index is 0.560. The molecule has 2 aromatic carbocycles. The largest absolute Gasteiger partial charge is 0.488 e. The molecule has 0 bridgehead atoms. The molecule has 8 heteroatoms. The van der Waals surface area contributed by atoms with Crippen LogP contribution >= 0.6 is 23.5 Å². The zero-order chi connectivity index (χ0) is 23.3. The van der Waals surface area contributed by atoms with Gasteiger partial charge in [-0.25, -0.2) is 9.97 Å². The molecule has 2 aromatic heterocycles. The molecule has 176 valence electrons. The highest BCUT2D eigenvalue weighted by Crippen LogP contribution is 2.41. The third kappa shape index (κ3) is 5.19. The summed E-state index contributed by atoms with van der Waals surface area (Å²) in [4.78, 5) is 14.2. The number of likely N-dealkylation sites (N-methyl/N-ethyl adjacent to an activating group) is 1. The number of aromatic amines is 1. The van der Waals surface area contributed by atoms with E-state index in [0.29, 0.717) is 11.2 Å². The van der Waals surface area contributed by atoms with E-state index in [1.807, 2.05) is 41.7 Å². The number of benzene rings is 2. The summed E-state index contributed by atoms with van der Waals surface area (Å²) in [5, 5.41) is 4.64. The van der Waals surface area contributed by atoms with Crippen molar-refractivity contribution in [1.29, 1.82) is 0 Å². The number of hydrogen-bond acceptors (Lipinski definition) is 6. The van der Waals surface area contributed by atoms with Crippen molar-refractivity contribution in [3.63, 3.8) is 0 Å². The summed E-state index contributed by atoms with van der Waals surface area (Å²) >= 11 is 4.03. The predicted octanol–water partition coefficient (Wildman–Crippen LogP) is 4.03. The van der Waals surface area contributed by atoms with Gasteiger partial charge in [-0.15, -0.1) is 23.5 Å². The highest BCUT2D eigenvalue weighted by atomic mass is 32.2. The summed E-state index contributed by atoms with van der Waals surface area (Å²) in [6, 6.07) is 18.8. The van der Waals surface area contributed by atoms with Gasteiger partial charge in [0, 0.05) is 23.6 Å². The van der Waals surface area contributed by atoms with Gasteiger partial charge < -0.3 is 19.9 Å². The topological polar surface area (TPSA) is 67.3 Å². The fourth-order valence-corrected chi connectivity index (χ4v) is 6.72. The molecule has 6 nitrogen and oxygen atoms in total. The van der Waals surface area contributed by atoms with Gasteiger partial charge >= 0.3 is 0 Å². The van der Waals surface area contributed by atoms with E-state index >= 15 is 0 Å². The van der Waals surface area contributed by atoms with Crippen molar-refractivity contribution >= 4 is 40.4 Å². The standard InChI is InChI=1S/C26H29N5OS2/c1-31(2)12-13-32-20-10-8-19(9-11-20)24-22(18-6-4-3-5-7-18)23-25(28-17-29-26(23)30-24)27-16-21-33-14-15-34-21/h3-11,17,21H,12-16H2,1-2H3,(H2,27,28,29,30)/p+1. The summed E-state index contributed by atoms with van der Waals surface area (Å²) in [6.07, 6.45) is 1.64. The van der Waals surface area contributed by atoms with Gasteiger partial charge in [0.2, 0.25) is 0 Å². The number of rotatable bonds is 9. The van der Waals surface area contributed by atoms with Crippen LogP contribution in [0, 0.1) is 0 Å². The SMILES string of the molecule is C[NH+](C)CCOc1ccc(-c2[nH]c3ncnc(NCC4SCCS4)c3c2-c2ccccc2)cc1. The summed E-state index contributed by atoms with van der Waals surface area (Å²) in [5.74, 6) is 4.20. The van der Waals surface area contributed by atoms with Crippen LogP contribution < -0.4 is 15.0 Å². The Balaban J connectivity index is 1.52. The smallest absolute Gasteiger partial charge is 0.143 e. The molecule has 1 saturated heterocycles. The average Bonchev–Trinajstić information content (AvgIpc) is 3.52. The molecular formula is C26H30N5OS2+. The highest BCUT2D eigenvalue weighted by Gasteiger charge is 2.21. The van der Waals surface area contributed by atoms with Crippen molar-refractivity contribution in [3.8, 4) is 28.1 Å². The quantitative estimate of drug-likeness (QED) is 0.328. The summed E-state index contributed by atoms with van der Waals surface area (Å²) in [7, 11) is 4.26. The molecule has 34 heavy (non-hydrogen) atoms. The molecule has 3 heterocycles. The zero-order valence-corrected chi connectivity index (χ0v) is 21.1. The van der Waals surface area contributed by atoms with Gasteiger partial charge in [-0.2, -0.15) is 0 Å². The Labute approximate surface area is 208 Å². The summed E-state index contributed by atoms with van der Waals surface area (Å²) in [5.41, 5.74) is 5.23. The van der Waals surface area contributed by atoms with Crippen LogP contribution in [0.25, 0.3) is 33.4 Å². The Bertz CT molecular complexity index is 1220. The number of H-pyrrole nitrogens is 1. The first-order valence-corrected chi connectivity index (χ1v) is 13.7. The van der Waals surface area contributed by atoms with E-state index in [4.69, 9.17) is 4.74 Å². The molecule has 5 rings (SSSR count). The molecule has 0 aliphatic carbocycles. The van der Waals surface area contributed by atoms with Crippen LogP contribution in [0.5, 0.6) is 5.75 Å². The maximum Gasteiger partial charge on any atom is 0.143 e. The van der Waals surface area contributed by atoms with Crippen molar-refractivity contribution in [2.75, 3.05) is 50.6 Å². The third-order valence-corrected chi connectivity index (χ3v) is 8.83. The lowest BCUT2D eigenvalue weighted by atomic mass is 9.99. The monoisotopic (exact) mass is 492 g/mol. The molecule has 4 aromatic rings. The number of ether oxygens (including phenoxy) is 1. The van der Waals surface area contributed by atoms with Gasteiger partial charge in [-0.1, -0.05) is 30.3 Å². The third-order valence-electron chi connectivity index (χ3n) is 5.79. The van der Waals surface area contributed by atoms with Gasteiger partial charge in [0.1, 0.15) is 36.7 Å². The van der Waals surface area contributed by atoms with Crippen LogP contribution in [0.4, 0.5) is 5.82 Å². The Kier molecular flexibility index (Phi) is 7.27. The Hall–Kier alpha value is -2.68. The summed E-state index contributed by atoms with van der Waals surface area (Å²) in [6.45, 7) is 2.55. The lowest BCUT2D eigenvalue weighted by Crippen LogP contribution is -3.06. The van der Waals surface area contributed by atoms with Crippen molar-refractivity contribution in [2.45, 2.75) is 4.58 Å². The Morgan fingerprint density at radius 1 is 1.00 bits per heavy atom. The minimum atomic E-state index is 0.560. The number of nitrogens with one attached hydrogen (secondary N) is 3. The molecule has 3 N–H and O–H groups in total. The van der Waals surface area contributed by atoms with Crippen LogP contribution in [-0.2, 0) is 0 Å². The number of thioether (sulfide) groups is 2. The normalized spacial score (nSPS) is 14.2. The van der Waals surface area contributed by atoms with Gasteiger partial charge in [0.25, 0.3) is 0 Å². The number of nitrogens with zero attached hydrogens (tertiary/aromatic N) is 2. The van der Waals surface area contributed by atoms with E-state index in [2.05, 4.69) is 70.8 Å². The van der Waals surface area contributed by atoms with E-state index < -0.39 is 0 Å². The molecule has 1 aliphatic rings. The first-order valence-electron chi connectivity index (χ1n) is 11.6.